The molecular formula is C14H21N5O2. The topological polar surface area (TPSA) is 81.1 Å². The van der Waals surface area contributed by atoms with E-state index in [0.29, 0.717) is 18.3 Å². The summed E-state index contributed by atoms with van der Waals surface area (Å²) in [5.74, 6) is 3.14. The van der Waals surface area contributed by atoms with Gasteiger partial charge in [0.05, 0.1) is 12.6 Å². The first-order chi connectivity index (χ1) is 10.2. The van der Waals surface area contributed by atoms with Crippen molar-refractivity contribution in [2.45, 2.75) is 58.5 Å². The van der Waals surface area contributed by atoms with Crippen LogP contribution in [0.4, 0.5) is 0 Å². The first-order valence-electron chi connectivity index (χ1n) is 7.56. The number of likely N-dealkylation sites (tertiary alicyclic amines) is 1. The summed E-state index contributed by atoms with van der Waals surface area (Å²) >= 11 is 0. The summed E-state index contributed by atoms with van der Waals surface area (Å²) in [4.78, 5) is 11.2. The highest BCUT2D eigenvalue weighted by atomic mass is 16.5. The van der Waals surface area contributed by atoms with Crippen molar-refractivity contribution in [3.63, 3.8) is 0 Å². The molecule has 114 valence electrons. The number of rotatable bonds is 5. The Hall–Kier alpha value is -1.76. The van der Waals surface area contributed by atoms with E-state index in [4.69, 9.17) is 9.05 Å². The van der Waals surface area contributed by atoms with E-state index in [1.807, 2.05) is 6.92 Å². The van der Waals surface area contributed by atoms with Crippen molar-refractivity contribution < 1.29 is 9.05 Å². The molecule has 0 bridgehead atoms. The Balaban J connectivity index is 1.72. The van der Waals surface area contributed by atoms with Crippen LogP contribution in [0.3, 0.4) is 0 Å². The van der Waals surface area contributed by atoms with Crippen LogP contribution in [0.15, 0.2) is 9.05 Å². The van der Waals surface area contributed by atoms with Gasteiger partial charge in [0.25, 0.3) is 0 Å². The lowest BCUT2D eigenvalue weighted by Crippen LogP contribution is -2.24. The second kappa shape index (κ2) is 5.93. The molecule has 0 aromatic carbocycles. The maximum absolute atomic E-state index is 5.32. The van der Waals surface area contributed by atoms with Gasteiger partial charge < -0.3 is 9.05 Å². The third-order valence-electron chi connectivity index (χ3n) is 3.77. The van der Waals surface area contributed by atoms with Crippen LogP contribution in [0.25, 0.3) is 0 Å². The summed E-state index contributed by atoms with van der Waals surface area (Å²) < 4.78 is 10.5. The molecule has 2 aromatic heterocycles. The summed E-state index contributed by atoms with van der Waals surface area (Å²) in [5, 5.41) is 8.16. The zero-order valence-corrected chi connectivity index (χ0v) is 12.7. The molecule has 0 unspecified atom stereocenters. The number of hydrogen-bond donors (Lipinski definition) is 0. The molecule has 1 fully saturated rings. The molecule has 3 heterocycles. The molecule has 1 atom stereocenters. The standard InChI is InChI=1S/C14H21N5O2/c1-4-12-15-11(17-20-12)8-19-7-5-6-10(19)13-16-14(9(2)3)21-18-13/h9-10H,4-8H2,1-3H3/t10-/m0/s1. The predicted molar refractivity (Wildman–Crippen MR) is 74.4 cm³/mol. The van der Waals surface area contributed by atoms with Gasteiger partial charge in [0.15, 0.2) is 11.6 Å². The van der Waals surface area contributed by atoms with E-state index < -0.39 is 0 Å². The van der Waals surface area contributed by atoms with Gasteiger partial charge in [-0.15, -0.1) is 0 Å². The zero-order chi connectivity index (χ0) is 14.8. The Bertz CT molecular complexity index is 592. The highest BCUT2D eigenvalue weighted by Crippen LogP contribution is 2.31. The minimum absolute atomic E-state index is 0.185. The van der Waals surface area contributed by atoms with Crippen LogP contribution >= 0.6 is 0 Å². The summed E-state index contributed by atoms with van der Waals surface area (Å²) in [5.41, 5.74) is 0. The first-order valence-corrected chi connectivity index (χ1v) is 7.56. The Labute approximate surface area is 123 Å². The minimum atomic E-state index is 0.185. The van der Waals surface area contributed by atoms with Gasteiger partial charge in [0.1, 0.15) is 0 Å². The van der Waals surface area contributed by atoms with Crippen LogP contribution in [0.5, 0.6) is 0 Å². The largest absolute Gasteiger partial charge is 0.339 e. The van der Waals surface area contributed by atoms with Crippen LogP contribution in [-0.2, 0) is 13.0 Å². The van der Waals surface area contributed by atoms with E-state index in [0.717, 1.165) is 37.5 Å². The smallest absolute Gasteiger partial charge is 0.229 e. The van der Waals surface area contributed by atoms with Crippen molar-refractivity contribution in [2.75, 3.05) is 6.54 Å². The van der Waals surface area contributed by atoms with Crippen molar-refractivity contribution in [3.05, 3.63) is 23.4 Å². The number of aromatic nitrogens is 4. The van der Waals surface area contributed by atoms with Gasteiger partial charge in [-0.1, -0.05) is 31.1 Å². The molecule has 0 saturated carbocycles. The Morgan fingerprint density at radius 1 is 1.24 bits per heavy atom. The quantitative estimate of drug-likeness (QED) is 0.837. The van der Waals surface area contributed by atoms with Gasteiger partial charge in [-0.05, 0) is 19.4 Å². The summed E-state index contributed by atoms with van der Waals surface area (Å²) in [7, 11) is 0. The highest BCUT2D eigenvalue weighted by molar-refractivity contribution is 5.01. The fourth-order valence-corrected chi connectivity index (χ4v) is 2.60. The third kappa shape index (κ3) is 2.97. The van der Waals surface area contributed by atoms with Crippen molar-refractivity contribution in [1.82, 2.24) is 25.2 Å². The molecule has 7 nitrogen and oxygen atoms in total. The van der Waals surface area contributed by atoms with E-state index in [9.17, 15) is 0 Å². The van der Waals surface area contributed by atoms with Crippen molar-refractivity contribution >= 4 is 0 Å². The van der Waals surface area contributed by atoms with Crippen LogP contribution < -0.4 is 0 Å². The Kier molecular flexibility index (Phi) is 4.01. The van der Waals surface area contributed by atoms with Crippen LogP contribution in [0.2, 0.25) is 0 Å². The molecule has 2 aromatic rings. The second-order valence-corrected chi connectivity index (χ2v) is 5.73. The van der Waals surface area contributed by atoms with Crippen molar-refractivity contribution in [1.29, 1.82) is 0 Å². The van der Waals surface area contributed by atoms with Crippen LogP contribution in [-0.4, -0.2) is 31.7 Å². The van der Waals surface area contributed by atoms with Crippen LogP contribution in [0, 0.1) is 0 Å². The molecule has 1 aliphatic rings. The fraction of sp³-hybridized carbons (Fsp3) is 0.714. The molecule has 0 amide bonds. The molecule has 0 aliphatic carbocycles. The van der Waals surface area contributed by atoms with Crippen LogP contribution in [0.1, 0.15) is 69.0 Å². The highest BCUT2D eigenvalue weighted by Gasteiger charge is 2.31. The Morgan fingerprint density at radius 2 is 2.10 bits per heavy atom. The molecule has 0 spiro atoms. The molecule has 0 N–H and O–H groups in total. The molecule has 21 heavy (non-hydrogen) atoms. The van der Waals surface area contributed by atoms with E-state index >= 15 is 0 Å². The maximum atomic E-state index is 5.32. The zero-order valence-electron chi connectivity index (χ0n) is 12.7. The first kappa shape index (κ1) is 14.2. The minimum Gasteiger partial charge on any atom is -0.339 e. The number of nitrogens with zero attached hydrogens (tertiary/aromatic N) is 5. The van der Waals surface area contributed by atoms with Crippen molar-refractivity contribution in [3.8, 4) is 0 Å². The molecule has 3 rings (SSSR count). The lowest BCUT2D eigenvalue weighted by Gasteiger charge is -2.19. The van der Waals surface area contributed by atoms with Gasteiger partial charge in [-0.3, -0.25) is 4.90 Å². The molecule has 7 heteroatoms. The van der Waals surface area contributed by atoms with Gasteiger partial charge in [0.2, 0.25) is 11.8 Å². The van der Waals surface area contributed by atoms with E-state index in [1.165, 1.54) is 0 Å². The van der Waals surface area contributed by atoms with E-state index in [2.05, 4.69) is 39.0 Å². The van der Waals surface area contributed by atoms with E-state index in [1.54, 1.807) is 0 Å². The number of hydrogen-bond acceptors (Lipinski definition) is 7. The maximum Gasteiger partial charge on any atom is 0.229 e. The normalized spacial score (nSPS) is 19.7. The van der Waals surface area contributed by atoms with Gasteiger partial charge >= 0.3 is 0 Å². The molecular weight excluding hydrogens is 270 g/mol. The van der Waals surface area contributed by atoms with Gasteiger partial charge in [-0.25, -0.2) is 0 Å². The third-order valence-corrected chi connectivity index (χ3v) is 3.77. The molecule has 1 saturated heterocycles. The second-order valence-electron chi connectivity index (χ2n) is 5.73. The lowest BCUT2D eigenvalue weighted by atomic mass is 10.2. The average Bonchev–Trinajstić information content (AvgIpc) is 3.18. The van der Waals surface area contributed by atoms with E-state index in [-0.39, 0.29) is 12.0 Å². The fourth-order valence-electron chi connectivity index (χ4n) is 2.60. The van der Waals surface area contributed by atoms with Gasteiger partial charge in [0, 0.05) is 12.3 Å². The average molecular weight is 291 g/mol. The SMILES string of the molecule is CCc1nc(CN2CCC[C@H]2c2noc(C(C)C)n2)no1. The summed E-state index contributed by atoms with van der Waals surface area (Å²) in [6, 6.07) is 0.185. The van der Waals surface area contributed by atoms with Gasteiger partial charge in [-0.2, -0.15) is 9.97 Å². The monoisotopic (exact) mass is 291 g/mol. The molecule has 1 aliphatic heterocycles. The predicted octanol–water partition coefficient (Wildman–Crippen LogP) is 2.48. The molecule has 0 radical (unpaired) electrons. The summed E-state index contributed by atoms with van der Waals surface area (Å²) in [6.45, 7) is 7.76. The Morgan fingerprint density at radius 3 is 2.76 bits per heavy atom. The summed E-state index contributed by atoms with van der Waals surface area (Å²) in [6.07, 6.45) is 2.92. The van der Waals surface area contributed by atoms with Crippen molar-refractivity contribution in [2.24, 2.45) is 0 Å². The lowest BCUT2D eigenvalue weighted by molar-refractivity contribution is 0.225. The number of aryl methyl sites for hydroxylation is 1.